The minimum absolute atomic E-state index is 0.321. The number of hydrogen-bond acceptors (Lipinski definition) is 5. The molecule has 0 spiro atoms. The van der Waals surface area contributed by atoms with Gasteiger partial charge in [0.15, 0.2) is 0 Å². The van der Waals surface area contributed by atoms with Gasteiger partial charge in [-0.3, -0.25) is 4.79 Å². The van der Waals surface area contributed by atoms with Gasteiger partial charge in [-0.15, -0.1) is 0 Å². The van der Waals surface area contributed by atoms with Gasteiger partial charge in [0.1, 0.15) is 0 Å². The Bertz CT molecular complexity index is 420. The van der Waals surface area contributed by atoms with E-state index in [9.17, 15) is 4.79 Å². The fourth-order valence-electron chi connectivity index (χ4n) is 1.44. The Balaban J connectivity index is 2.09. The van der Waals surface area contributed by atoms with Crippen molar-refractivity contribution in [1.82, 2.24) is 9.97 Å². The first-order chi connectivity index (χ1) is 7.61. The van der Waals surface area contributed by atoms with Crippen molar-refractivity contribution in [2.75, 3.05) is 25.1 Å². The number of aliphatic carboxylic acids is 1. The predicted molar refractivity (Wildman–Crippen MR) is 59.6 cm³/mol. The lowest BCUT2D eigenvalue weighted by molar-refractivity contribution is -0.142. The van der Waals surface area contributed by atoms with Crippen LogP contribution in [0, 0.1) is 5.92 Å². The maximum absolute atomic E-state index is 10.6. The Morgan fingerprint density at radius 2 is 2.38 bits per heavy atom. The van der Waals surface area contributed by atoms with E-state index in [0.717, 1.165) is 0 Å². The smallest absolute Gasteiger partial charge is 0.310 e. The molecule has 16 heavy (non-hydrogen) atoms. The maximum Gasteiger partial charge on any atom is 0.310 e. The molecule has 1 aromatic rings. The summed E-state index contributed by atoms with van der Waals surface area (Å²) in [7, 11) is 1.52. The van der Waals surface area contributed by atoms with Gasteiger partial charge in [-0.1, -0.05) is 0 Å². The Hall–Kier alpha value is -1.37. The van der Waals surface area contributed by atoms with E-state index in [1.54, 1.807) is 11.1 Å². The molecule has 1 N–H and O–H groups in total. The molecule has 7 heteroatoms. The third kappa shape index (κ3) is 1.95. The van der Waals surface area contributed by atoms with Crippen LogP contribution in [0.5, 0.6) is 5.88 Å². The van der Waals surface area contributed by atoms with Crippen LogP contribution in [0.3, 0.4) is 0 Å². The Morgan fingerprint density at radius 1 is 1.69 bits per heavy atom. The monoisotopic (exact) mass is 287 g/mol. The Labute approximate surface area is 100 Å². The molecule has 0 radical (unpaired) electrons. The molecule has 0 unspecified atom stereocenters. The van der Waals surface area contributed by atoms with E-state index < -0.39 is 5.97 Å². The highest BCUT2D eigenvalue weighted by atomic mass is 79.9. The van der Waals surface area contributed by atoms with Crippen LogP contribution in [-0.4, -0.2) is 41.2 Å². The molecular formula is C9H10BrN3O3. The maximum atomic E-state index is 10.6. The van der Waals surface area contributed by atoms with Crippen LogP contribution in [-0.2, 0) is 4.79 Å². The normalized spacial score (nSPS) is 15.8. The summed E-state index contributed by atoms with van der Waals surface area (Å²) in [6.45, 7) is 0.889. The predicted octanol–water partition coefficient (Wildman–Crippen LogP) is 0.768. The van der Waals surface area contributed by atoms with Crippen molar-refractivity contribution < 1.29 is 14.6 Å². The molecule has 1 saturated heterocycles. The van der Waals surface area contributed by atoms with Crippen LogP contribution in [0.2, 0.25) is 0 Å². The van der Waals surface area contributed by atoms with Crippen LogP contribution >= 0.6 is 15.9 Å². The molecule has 1 aliphatic heterocycles. The van der Waals surface area contributed by atoms with Gasteiger partial charge in [-0.25, -0.2) is 4.98 Å². The van der Waals surface area contributed by atoms with E-state index in [1.165, 1.54) is 7.11 Å². The molecule has 0 amide bonds. The van der Waals surface area contributed by atoms with Crippen molar-refractivity contribution in [3.8, 4) is 5.88 Å². The molecule has 2 heterocycles. The van der Waals surface area contributed by atoms with Gasteiger partial charge < -0.3 is 14.7 Å². The summed E-state index contributed by atoms with van der Waals surface area (Å²) in [5.74, 6) is -0.153. The van der Waals surface area contributed by atoms with E-state index in [1.807, 2.05) is 0 Å². The lowest BCUT2D eigenvalue weighted by atomic mass is 10.0. The van der Waals surface area contributed by atoms with Gasteiger partial charge in [0.25, 0.3) is 0 Å². The molecule has 0 bridgehead atoms. The molecule has 1 aliphatic rings. The van der Waals surface area contributed by atoms with Crippen molar-refractivity contribution in [3.05, 3.63) is 10.7 Å². The molecule has 2 rings (SSSR count). The van der Waals surface area contributed by atoms with Gasteiger partial charge in [-0.2, -0.15) is 4.98 Å². The summed E-state index contributed by atoms with van der Waals surface area (Å²) < 4.78 is 5.71. The average molecular weight is 288 g/mol. The number of aromatic nitrogens is 2. The number of nitrogens with zero attached hydrogens (tertiary/aromatic N) is 3. The van der Waals surface area contributed by atoms with E-state index in [0.29, 0.717) is 29.4 Å². The number of carboxylic acids is 1. The lowest BCUT2D eigenvalue weighted by Gasteiger charge is -2.36. The minimum Gasteiger partial charge on any atom is -0.481 e. The number of anilines is 1. The third-order valence-corrected chi connectivity index (χ3v) is 2.95. The van der Waals surface area contributed by atoms with Crippen molar-refractivity contribution in [2.45, 2.75) is 0 Å². The Morgan fingerprint density at radius 3 is 2.94 bits per heavy atom. The molecule has 1 fully saturated rings. The topological polar surface area (TPSA) is 75.5 Å². The summed E-state index contributed by atoms with van der Waals surface area (Å²) in [4.78, 5) is 20.7. The molecule has 1 aromatic heterocycles. The van der Waals surface area contributed by atoms with Crippen LogP contribution in [0.4, 0.5) is 5.95 Å². The van der Waals surface area contributed by atoms with Gasteiger partial charge >= 0.3 is 5.97 Å². The standard InChI is InChI=1S/C9H10BrN3O3/c1-16-7-6(10)2-11-9(12-7)13-3-5(4-13)8(14)15/h2,5H,3-4H2,1H3,(H,14,15). The van der Waals surface area contributed by atoms with Crippen molar-refractivity contribution in [1.29, 1.82) is 0 Å². The van der Waals surface area contributed by atoms with Crippen molar-refractivity contribution in [2.24, 2.45) is 5.92 Å². The summed E-state index contributed by atoms with van der Waals surface area (Å²) >= 11 is 3.25. The molecule has 86 valence electrons. The first-order valence-corrected chi connectivity index (χ1v) is 5.45. The zero-order valence-electron chi connectivity index (χ0n) is 8.55. The fraction of sp³-hybridized carbons (Fsp3) is 0.444. The van der Waals surface area contributed by atoms with E-state index in [2.05, 4.69) is 25.9 Å². The molecule has 0 aromatic carbocycles. The zero-order valence-corrected chi connectivity index (χ0v) is 10.1. The highest BCUT2D eigenvalue weighted by Gasteiger charge is 2.34. The van der Waals surface area contributed by atoms with Crippen LogP contribution in [0.15, 0.2) is 10.7 Å². The van der Waals surface area contributed by atoms with Crippen LogP contribution in [0.25, 0.3) is 0 Å². The first-order valence-electron chi connectivity index (χ1n) is 4.66. The number of hydrogen-bond donors (Lipinski definition) is 1. The lowest BCUT2D eigenvalue weighted by Crippen LogP contribution is -2.51. The SMILES string of the molecule is COc1nc(N2CC(C(=O)O)C2)ncc1Br. The largest absolute Gasteiger partial charge is 0.481 e. The summed E-state index contributed by atoms with van der Waals surface area (Å²) in [5.41, 5.74) is 0. The number of ether oxygens (including phenoxy) is 1. The van der Waals surface area contributed by atoms with Gasteiger partial charge in [0.05, 0.1) is 23.7 Å². The number of carboxylic acid groups (broad SMARTS) is 1. The van der Waals surface area contributed by atoms with E-state index in [4.69, 9.17) is 9.84 Å². The zero-order chi connectivity index (χ0) is 11.7. The van der Waals surface area contributed by atoms with Crippen LogP contribution in [0.1, 0.15) is 0 Å². The van der Waals surface area contributed by atoms with Gasteiger partial charge in [0.2, 0.25) is 11.8 Å². The second-order valence-electron chi connectivity index (χ2n) is 3.47. The van der Waals surface area contributed by atoms with Gasteiger partial charge in [-0.05, 0) is 15.9 Å². The fourth-order valence-corrected chi connectivity index (χ4v) is 1.79. The molecule has 0 saturated carbocycles. The van der Waals surface area contributed by atoms with E-state index >= 15 is 0 Å². The average Bonchev–Trinajstić information content (AvgIpc) is 2.17. The van der Waals surface area contributed by atoms with Crippen molar-refractivity contribution >= 4 is 27.8 Å². The minimum atomic E-state index is -0.777. The summed E-state index contributed by atoms with van der Waals surface area (Å²) in [6.07, 6.45) is 1.59. The highest BCUT2D eigenvalue weighted by Crippen LogP contribution is 2.26. The van der Waals surface area contributed by atoms with Gasteiger partial charge in [0, 0.05) is 13.1 Å². The van der Waals surface area contributed by atoms with Crippen molar-refractivity contribution in [3.63, 3.8) is 0 Å². The number of carbonyl (C=O) groups is 1. The number of halogens is 1. The second-order valence-corrected chi connectivity index (χ2v) is 4.32. The molecule has 6 nitrogen and oxygen atoms in total. The van der Waals surface area contributed by atoms with Crippen LogP contribution < -0.4 is 9.64 Å². The Kier molecular flexibility index (Phi) is 2.95. The molecular weight excluding hydrogens is 278 g/mol. The number of methoxy groups -OCH3 is 1. The third-order valence-electron chi connectivity index (χ3n) is 2.41. The summed E-state index contributed by atoms with van der Waals surface area (Å²) in [6, 6.07) is 0. The van der Waals surface area contributed by atoms with E-state index in [-0.39, 0.29) is 5.92 Å². The first kappa shape index (κ1) is 11.1. The molecule has 0 aliphatic carbocycles. The number of rotatable bonds is 3. The quantitative estimate of drug-likeness (QED) is 0.885. The summed E-state index contributed by atoms with van der Waals surface area (Å²) in [5, 5.41) is 8.74. The second kappa shape index (κ2) is 4.25. The molecule has 0 atom stereocenters. The highest BCUT2D eigenvalue weighted by molar-refractivity contribution is 9.10.